The average Bonchev–Trinajstić information content (AvgIpc) is 2.89. The molecular weight excluding hydrogens is 262 g/mol. The Hall–Kier alpha value is -1.46. The molecule has 0 saturated heterocycles. The second-order valence-corrected chi connectivity index (χ2v) is 5.32. The highest BCUT2D eigenvalue weighted by molar-refractivity contribution is 7.80. The third-order valence-corrected chi connectivity index (χ3v) is 3.79. The van der Waals surface area contributed by atoms with Gasteiger partial charge in [0.05, 0.1) is 0 Å². The molecule has 2 heterocycles. The van der Waals surface area contributed by atoms with Gasteiger partial charge < -0.3 is 11.1 Å². The van der Waals surface area contributed by atoms with Crippen molar-refractivity contribution in [1.29, 1.82) is 0 Å². The number of hydrogen-bond donors (Lipinski definition) is 2. The first kappa shape index (κ1) is 13.0. The van der Waals surface area contributed by atoms with Crippen LogP contribution in [0.5, 0.6) is 0 Å². The number of nitrogens with two attached hydrogens (primary N) is 1. The molecule has 2 rings (SSSR count). The lowest BCUT2D eigenvalue weighted by Crippen LogP contribution is -2.30. The first-order chi connectivity index (χ1) is 8.77. The molecule has 94 valence electrons. The van der Waals surface area contributed by atoms with Gasteiger partial charge >= 0.3 is 0 Å². The van der Waals surface area contributed by atoms with Gasteiger partial charge in [-0.25, -0.2) is 0 Å². The number of pyridine rings is 1. The molecule has 0 fully saturated rings. The van der Waals surface area contributed by atoms with Crippen molar-refractivity contribution < 1.29 is 0 Å². The summed E-state index contributed by atoms with van der Waals surface area (Å²) in [6.07, 6.45) is 2.76. The minimum absolute atomic E-state index is 0.299. The van der Waals surface area contributed by atoms with Crippen LogP contribution in [0.25, 0.3) is 0 Å². The summed E-state index contributed by atoms with van der Waals surface area (Å²) in [6.45, 7) is 0.758. The van der Waals surface area contributed by atoms with E-state index in [4.69, 9.17) is 18.0 Å². The Morgan fingerprint density at radius 1 is 1.39 bits per heavy atom. The maximum Gasteiger partial charge on any atom is 0.163 e. The zero-order valence-corrected chi connectivity index (χ0v) is 11.5. The Labute approximate surface area is 116 Å². The van der Waals surface area contributed by atoms with Gasteiger partial charge in [0.25, 0.3) is 0 Å². The summed E-state index contributed by atoms with van der Waals surface area (Å²) in [5.41, 5.74) is 6.53. The quantitative estimate of drug-likeness (QED) is 0.825. The van der Waals surface area contributed by atoms with E-state index in [9.17, 15) is 0 Å². The highest BCUT2D eigenvalue weighted by Gasteiger charge is 2.15. The average molecular weight is 277 g/mol. The molecule has 0 amide bonds. The van der Waals surface area contributed by atoms with Crippen molar-refractivity contribution in [1.82, 2.24) is 10.3 Å². The Balaban J connectivity index is 2.11. The molecule has 1 unspecified atom stereocenters. The normalized spacial score (nSPS) is 12.0. The molecule has 0 radical (unpaired) electrons. The molecule has 0 saturated carbocycles. The van der Waals surface area contributed by atoms with Crippen molar-refractivity contribution in [3.63, 3.8) is 0 Å². The third kappa shape index (κ3) is 3.51. The fraction of sp³-hybridized carbons (Fsp3) is 0.231. The lowest BCUT2D eigenvalue weighted by atomic mass is 9.99. The highest BCUT2D eigenvalue weighted by atomic mass is 32.1. The van der Waals surface area contributed by atoms with Crippen LogP contribution in [-0.2, 0) is 0 Å². The number of rotatable bonds is 5. The first-order valence-electron chi connectivity index (χ1n) is 5.75. The molecular formula is C13H15N3S2. The molecule has 0 aliphatic carbocycles. The van der Waals surface area contributed by atoms with Gasteiger partial charge in [0.1, 0.15) is 0 Å². The second-order valence-electron chi connectivity index (χ2n) is 3.90. The molecule has 0 aliphatic rings. The predicted octanol–water partition coefficient (Wildman–Crippen LogP) is 2.50. The molecule has 0 spiro atoms. The fourth-order valence-corrected chi connectivity index (χ4v) is 2.82. The first-order valence-corrected chi connectivity index (χ1v) is 7.04. The maximum atomic E-state index is 5.44. The number of nitrogens with zero attached hydrogens (tertiary/aromatic N) is 1. The Bertz CT molecular complexity index is 482. The molecule has 1 atom stereocenters. The third-order valence-electron chi connectivity index (χ3n) is 2.66. The zero-order chi connectivity index (χ0) is 12.8. The lowest BCUT2D eigenvalue weighted by molar-refractivity contribution is 0.685. The van der Waals surface area contributed by atoms with Crippen LogP contribution in [-0.4, -0.2) is 16.6 Å². The van der Waals surface area contributed by atoms with Gasteiger partial charge in [-0.15, -0.1) is 11.3 Å². The molecule has 3 nitrogen and oxygen atoms in total. The van der Waals surface area contributed by atoms with Gasteiger partial charge in [-0.2, -0.15) is 0 Å². The minimum Gasteiger partial charge on any atom is -0.376 e. The van der Waals surface area contributed by atoms with Gasteiger partial charge in [0, 0.05) is 29.2 Å². The van der Waals surface area contributed by atoms with Gasteiger partial charge in [0.15, 0.2) is 5.11 Å². The van der Waals surface area contributed by atoms with Crippen molar-refractivity contribution >= 4 is 28.7 Å². The van der Waals surface area contributed by atoms with Gasteiger partial charge in [-0.3, -0.25) is 4.98 Å². The number of nitrogens with one attached hydrogen (secondary N) is 1. The van der Waals surface area contributed by atoms with E-state index in [-0.39, 0.29) is 0 Å². The van der Waals surface area contributed by atoms with Crippen LogP contribution in [0.15, 0.2) is 41.9 Å². The van der Waals surface area contributed by atoms with Crippen molar-refractivity contribution in [2.45, 2.75) is 12.3 Å². The smallest absolute Gasteiger partial charge is 0.163 e. The fourth-order valence-electron chi connectivity index (χ4n) is 1.85. The number of aromatic nitrogens is 1. The van der Waals surface area contributed by atoms with Gasteiger partial charge in [-0.05, 0) is 42.2 Å². The Morgan fingerprint density at radius 2 is 2.28 bits per heavy atom. The van der Waals surface area contributed by atoms with Crippen LogP contribution in [0.3, 0.4) is 0 Å². The van der Waals surface area contributed by atoms with Gasteiger partial charge in [0.2, 0.25) is 0 Å². The summed E-state index contributed by atoms with van der Waals surface area (Å²) in [5.74, 6) is 0.299. The van der Waals surface area contributed by atoms with Crippen molar-refractivity contribution in [2.75, 3.05) is 6.54 Å². The molecule has 0 bridgehead atoms. The summed E-state index contributed by atoms with van der Waals surface area (Å²) >= 11 is 6.57. The minimum atomic E-state index is 0.299. The maximum absolute atomic E-state index is 5.44. The Kier molecular flexibility index (Phi) is 4.66. The van der Waals surface area contributed by atoms with E-state index in [0.717, 1.165) is 18.7 Å². The molecule has 18 heavy (non-hydrogen) atoms. The van der Waals surface area contributed by atoms with Crippen molar-refractivity contribution in [3.8, 4) is 0 Å². The van der Waals surface area contributed by atoms with E-state index in [0.29, 0.717) is 11.0 Å². The van der Waals surface area contributed by atoms with Crippen molar-refractivity contribution in [2.24, 2.45) is 5.73 Å². The van der Waals surface area contributed by atoms with E-state index < -0.39 is 0 Å². The zero-order valence-electron chi connectivity index (χ0n) is 9.87. The lowest BCUT2D eigenvalue weighted by Gasteiger charge is -2.15. The summed E-state index contributed by atoms with van der Waals surface area (Å²) in [4.78, 5) is 5.77. The van der Waals surface area contributed by atoms with Crippen LogP contribution in [0.1, 0.15) is 22.9 Å². The molecule has 0 aromatic carbocycles. The summed E-state index contributed by atoms with van der Waals surface area (Å²) in [5, 5.41) is 5.43. The molecule has 2 aromatic heterocycles. The topological polar surface area (TPSA) is 50.9 Å². The molecule has 5 heteroatoms. The van der Waals surface area contributed by atoms with E-state index in [1.165, 1.54) is 4.88 Å². The predicted molar refractivity (Wildman–Crippen MR) is 79.8 cm³/mol. The highest BCUT2D eigenvalue weighted by Crippen LogP contribution is 2.29. The number of hydrogen-bond acceptors (Lipinski definition) is 3. The van der Waals surface area contributed by atoms with E-state index in [2.05, 4.69) is 33.9 Å². The summed E-state index contributed by atoms with van der Waals surface area (Å²) in [7, 11) is 0. The SMILES string of the molecule is NC(=S)NCCC(c1ccccn1)c1cccs1. The summed E-state index contributed by atoms with van der Waals surface area (Å²) < 4.78 is 0. The van der Waals surface area contributed by atoms with Crippen LogP contribution in [0.4, 0.5) is 0 Å². The second kappa shape index (κ2) is 6.47. The largest absolute Gasteiger partial charge is 0.376 e. The number of thiophene rings is 1. The van der Waals surface area contributed by atoms with Gasteiger partial charge in [-0.1, -0.05) is 12.1 Å². The summed E-state index contributed by atoms with van der Waals surface area (Å²) in [6, 6.07) is 10.2. The molecule has 3 N–H and O–H groups in total. The van der Waals surface area contributed by atoms with Crippen LogP contribution in [0.2, 0.25) is 0 Å². The number of thiocarbonyl (C=S) groups is 1. The van der Waals surface area contributed by atoms with Crippen LogP contribution >= 0.6 is 23.6 Å². The van der Waals surface area contributed by atoms with E-state index in [1.807, 2.05) is 18.3 Å². The van der Waals surface area contributed by atoms with E-state index in [1.54, 1.807) is 11.3 Å². The van der Waals surface area contributed by atoms with E-state index >= 15 is 0 Å². The molecule has 2 aromatic rings. The van der Waals surface area contributed by atoms with Crippen LogP contribution in [0, 0.1) is 0 Å². The van der Waals surface area contributed by atoms with Crippen molar-refractivity contribution in [3.05, 3.63) is 52.5 Å². The molecule has 0 aliphatic heterocycles. The van der Waals surface area contributed by atoms with Crippen LogP contribution < -0.4 is 11.1 Å². The monoisotopic (exact) mass is 277 g/mol. The standard InChI is InChI=1S/C13H15N3S2/c14-13(17)16-8-6-10(12-5-3-9-18-12)11-4-1-2-7-15-11/h1-5,7,9-10H,6,8H2,(H3,14,16,17). The Morgan fingerprint density at radius 3 is 2.89 bits per heavy atom.